The minimum absolute atomic E-state index is 0.0320. The van der Waals surface area contributed by atoms with Crippen molar-refractivity contribution in [2.75, 3.05) is 22.4 Å². The maximum absolute atomic E-state index is 12.4. The van der Waals surface area contributed by atoms with Gasteiger partial charge in [-0.2, -0.15) is 0 Å². The molecule has 0 bridgehead atoms. The molecule has 1 heterocycles. The van der Waals surface area contributed by atoms with Gasteiger partial charge < -0.3 is 5.32 Å². The number of aryl methyl sites for hydroxylation is 1. The summed E-state index contributed by atoms with van der Waals surface area (Å²) in [5.41, 5.74) is 2.79. The average Bonchev–Trinajstić information content (AvgIpc) is 2.61. The van der Waals surface area contributed by atoms with Crippen molar-refractivity contribution in [2.24, 2.45) is 0 Å². The number of carbonyl (C=O) groups is 1. The number of nitrogens with zero attached hydrogens (tertiary/aromatic N) is 2. The Morgan fingerprint density at radius 1 is 1.11 bits per heavy atom. The summed E-state index contributed by atoms with van der Waals surface area (Å²) in [4.78, 5) is 16.6. The summed E-state index contributed by atoms with van der Waals surface area (Å²) in [7, 11) is -3.57. The monoisotopic (exact) mass is 383 g/mol. The van der Waals surface area contributed by atoms with Crippen LogP contribution in [-0.4, -0.2) is 32.1 Å². The van der Waals surface area contributed by atoms with Crippen molar-refractivity contribution in [3.63, 3.8) is 0 Å². The van der Waals surface area contributed by atoms with E-state index in [0.717, 1.165) is 17.2 Å². The third-order valence-electron chi connectivity index (χ3n) is 4.12. The van der Waals surface area contributed by atoms with E-state index in [1.165, 1.54) is 4.31 Å². The van der Waals surface area contributed by atoms with E-state index in [0.29, 0.717) is 16.9 Å². The molecular weight excluding hydrogens is 362 g/mol. The first-order valence-corrected chi connectivity index (χ1v) is 10.4. The van der Waals surface area contributed by atoms with E-state index >= 15 is 0 Å². The number of para-hydroxylation sites is 1. The normalized spacial score (nSPS) is 11.3. The van der Waals surface area contributed by atoms with Gasteiger partial charge in [0.2, 0.25) is 15.9 Å². The number of hydrogen-bond donors (Lipinski definition) is 1. The van der Waals surface area contributed by atoms with Crippen LogP contribution in [0, 0.1) is 6.92 Å². The smallest absolute Gasteiger partial charge is 0.232 e. The van der Waals surface area contributed by atoms with E-state index in [1.54, 1.807) is 30.5 Å². The van der Waals surface area contributed by atoms with Gasteiger partial charge in [-0.1, -0.05) is 30.3 Å². The first-order valence-electron chi connectivity index (χ1n) is 8.52. The first-order chi connectivity index (χ1) is 12.8. The highest BCUT2D eigenvalue weighted by Crippen LogP contribution is 2.26. The number of benzene rings is 2. The van der Waals surface area contributed by atoms with Crippen LogP contribution in [0.1, 0.15) is 12.0 Å². The SMILES string of the molecule is Cc1cccc(NC(=O)CCN(c2cccc3cccnc23)S(C)(=O)=O)c1. The standard InChI is InChI=1S/C20H21N3O3S/c1-15-6-3-9-17(14-15)22-19(24)11-13-23(27(2,25)26)18-10-4-7-16-8-5-12-21-20(16)18/h3-10,12,14H,11,13H2,1-2H3,(H,22,24). The molecule has 0 atom stereocenters. The quantitative estimate of drug-likeness (QED) is 0.708. The maximum Gasteiger partial charge on any atom is 0.232 e. The number of hydrogen-bond acceptors (Lipinski definition) is 4. The number of pyridine rings is 1. The molecule has 140 valence electrons. The zero-order valence-corrected chi connectivity index (χ0v) is 16.0. The van der Waals surface area contributed by atoms with Crippen molar-refractivity contribution in [2.45, 2.75) is 13.3 Å². The molecule has 0 radical (unpaired) electrons. The Kier molecular flexibility index (Phi) is 5.41. The molecule has 0 unspecified atom stereocenters. The minimum Gasteiger partial charge on any atom is -0.326 e. The molecule has 0 saturated carbocycles. The van der Waals surface area contributed by atoms with E-state index < -0.39 is 10.0 Å². The molecule has 0 aliphatic carbocycles. The number of nitrogens with one attached hydrogen (secondary N) is 1. The highest BCUT2D eigenvalue weighted by atomic mass is 32.2. The molecule has 3 aromatic rings. The fourth-order valence-corrected chi connectivity index (χ4v) is 3.83. The fraction of sp³-hybridized carbons (Fsp3) is 0.200. The topological polar surface area (TPSA) is 79.4 Å². The number of rotatable bonds is 6. The van der Waals surface area contributed by atoms with Gasteiger partial charge in [-0.15, -0.1) is 0 Å². The van der Waals surface area contributed by atoms with Crippen LogP contribution < -0.4 is 9.62 Å². The summed E-state index contributed by atoms with van der Waals surface area (Å²) in [6.45, 7) is 1.97. The van der Waals surface area contributed by atoms with E-state index in [-0.39, 0.29) is 18.9 Å². The maximum atomic E-state index is 12.4. The second-order valence-electron chi connectivity index (χ2n) is 6.36. The Morgan fingerprint density at radius 2 is 1.85 bits per heavy atom. The summed E-state index contributed by atoms with van der Waals surface area (Å²) in [6, 6.07) is 16.5. The highest BCUT2D eigenvalue weighted by molar-refractivity contribution is 7.92. The number of aromatic nitrogens is 1. The van der Waals surface area contributed by atoms with Crippen LogP contribution in [0.5, 0.6) is 0 Å². The van der Waals surface area contributed by atoms with Crippen molar-refractivity contribution < 1.29 is 13.2 Å². The van der Waals surface area contributed by atoms with Gasteiger partial charge in [0.1, 0.15) is 0 Å². The molecule has 0 aliphatic rings. The lowest BCUT2D eigenvalue weighted by molar-refractivity contribution is -0.116. The lowest BCUT2D eigenvalue weighted by atomic mass is 10.2. The zero-order valence-electron chi connectivity index (χ0n) is 15.2. The van der Waals surface area contributed by atoms with Crippen LogP contribution in [-0.2, 0) is 14.8 Å². The molecule has 27 heavy (non-hydrogen) atoms. The molecule has 0 aliphatic heterocycles. The van der Waals surface area contributed by atoms with Gasteiger partial charge in [0, 0.05) is 30.2 Å². The van der Waals surface area contributed by atoms with Gasteiger partial charge in [-0.25, -0.2) is 8.42 Å². The zero-order chi connectivity index (χ0) is 19.4. The number of fused-ring (bicyclic) bond motifs is 1. The first kappa shape index (κ1) is 18.8. The lowest BCUT2D eigenvalue weighted by Crippen LogP contribution is -2.33. The Labute approximate surface area is 158 Å². The van der Waals surface area contributed by atoms with Crippen molar-refractivity contribution in [1.82, 2.24) is 4.98 Å². The number of amides is 1. The van der Waals surface area contributed by atoms with Crippen LogP contribution in [0.3, 0.4) is 0 Å². The van der Waals surface area contributed by atoms with Crippen LogP contribution >= 0.6 is 0 Å². The molecule has 1 amide bonds. The molecule has 0 saturated heterocycles. The minimum atomic E-state index is -3.57. The Balaban J connectivity index is 1.81. The van der Waals surface area contributed by atoms with E-state index in [2.05, 4.69) is 10.3 Å². The van der Waals surface area contributed by atoms with Crippen molar-refractivity contribution in [1.29, 1.82) is 0 Å². The van der Waals surface area contributed by atoms with E-state index in [9.17, 15) is 13.2 Å². The summed E-state index contributed by atoms with van der Waals surface area (Å²) in [6.07, 6.45) is 2.79. The fourth-order valence-electron chi connectivity index (χ4n) is 2.90. The molecule has 0 spiro atoms. The predicted octanol–water partition coefficient (Wildman–Crippen LogP) is 3.34. The van der Waals surface area contributed by atoms with E-state index in [4.69, 9.17) is 0 Å². The summed E-state index contributed by atoms with van der Waals surface area (Å²) >= 11 is 0. The van der Waals surface area contributed by atoms with Crippen molar-refractivity contribution in [3.8, 4) is 0 Å². The van der Waals surface area contributed by atoms with E-state index in [1.807, 2.05) is 37.3 Å². The molecule has 7 heteroatoms. The third kappa shape index (κ3) is 4.62. The van der Waals surface area contributed by atoms with Gasteiger partial charge in [0.25, 0.3) is 0 Å². The highest BCUT2D eigenvalue weighted by Gasteiger charge is 2.21. The molecule has 2 aromatic carbocycles. The van der Waals surface area contributed by atoms with Crippen LogP contribution in [0.15, 0.2) is 60.8 Å². The molecule has 0 fully saturated rings. The van der Waals surface area contributed by atoms with Crippen LogP contribution in [0.25, 0.3) is 10.9 Å². The van der Waals surface area contributed by atoms with Gasteiger partial charge >= 0.3 is 0 Å². The van der Waals surface area contributed by atoms with Gasteiger partial charge in [0.05, 0.1) is 17.5 Å². The van der Waals surface area contributed by atoms with Gasteiger partial charge in [0.15, 0.2) is 0 Å². The number of anilines is 2. The third-order valence-corrected chi connectivity index (χ3v) is 5.30. The Morgan fingerprint density at radius 3 is 2.59 bits per heavy atom. The number of carbonyl (C=O) groups excluding carboxylic acids is 1. The van der Waals surface area contributed by atoms with Gasteiger partial charge in [-0.05, 0) is 36.8 Å². The summed E-state index contributed by atoms with van der Waals surface area (Å²) in [5.74, 6) is -0.248. The Hall–Kier alpha value is -2.93. The molecule has 1 aromatic heterocycles. The molecular formula is C20H21N3O3S. The van der Waals surface area contributed by atoms with Crippen LogP contribution in [0.2, 0.25) is 0 Å². The van der Waals surface area contributed by atoms with Crippen molar-refractivity contribution >= 4 is 38.2 Å². The van der Waals surface area contributed by atoms with Gasteiger partial charge in [-0.3, -0.25) is 14.1 Å². The predicted molar refractivity (Wildman–Crippen MR) is 108 cm³/mol. The van der Waals surface area contributed by atoms with Crippen LogP contribution in [0.4, 0.5) is 11.4 Å². The second kappa shape index (κ2) is 7.75. The Bertz CT molecular complexity index is 1080. The molecule has 6 nitrogen and oxygen atoms in total. The molecule has 1 N–H and O–H groups in total. The second-order valence-corrected chi connectivity index (χ2v) is 8.26. The molecule has 3 rings (SSSR count). The lowest BCUT2D eigenvalue weighted by Gasteiger charge is -2.23. The van der Waals surface area contributed by atoms with Crippen molar-refractivity contribution in [3.05, 3.63) is 66.4 Å². The summed E-state index contributed by atoms with van der Waals surface area (Å²) in [5, 5.41) is 3.64. The number of sulfonamides is 1. The summed E-state index contributed by atoms with van der Waals surface area (Å²) < 4.78 is 25.9. The largest absolute Gasteiger partial charge is 0.326 e. The average molecular weight is 383 g/mol.